The molecule has 0 spiro atoms. The van der Waals surface area contributed by atoms with Crippen molar-refractivity contribution in [2.75, 3.05) is 11.7 Å². The highest BCUT2D eigenvalue weighted by molar-refractivity contribution is 7.91. The minimum Gasteiger partial charge on any atom is -0.480 e. The molecule has 5 nitrogen and oxygen atoms in total. The lowest BCUT2D eigenvalue weighted by Gasteiger charge is -2.04. The lowest BCUT2D eigenvalue weighted by Crippen LogP contribution is -2.19. The van der Waals surface area contributed by atoms with Crippen molar-refractivity contribution in [3.8, 4) is 0 Å². The number of sulfone groups is 1. The molecule has 88 valence electrons. The number of carboxylic acid groups (broad SMARTS) is 1. The molecule has 1 rings (SSSR count). The number of rotatable bonds is 6. The van der Waals surface area contributed by atoms with Gasteiger partial charge in [-0.2, -0.15) is 0 Å². The van der Waals surface area contributed by atoms with Crippen LogP contribution in [0.2, 0.25) is 0 Å². The third kappa shape index (κ3) is 4.90. The van der Waals surface area contributed by atoms with Gasteiger partial charge in [-0.25, -0.2) is 8.42 Å². The molecule has 0 heterocycles. The van der Waals surface area contributed by atoms with Crippen LogP contribution in [-0.2, 0) is 26.0 Å². The van der Waals surface area contributed by atoms with Crippen LogP contribution in [0.15, 0.2) is 30.3 Å². The topological polar surface area (TPSA) is 80.7 Å². The van der Waals surface area contributed by atoms with Crippen LogP contribution in [0.25, 0.3) is 0 Å². The van der Waals surface area contributed by atoms with Gasteiger partial charge in [-0.1, -0.05) is 30.3 Å². The first-order valence-corrected chi connectivity index (χ1v) is 6.35. The summed E-state index contributed by atoms with van der Waals surface area (Å²) in [6, 6.07) is 9.05. The lowest BCUT2D eigenvalue weighted by molar-refractivity contribution is -0.134. The van der Waals surface area contributed by atoms with Gasteiger partial charge in [0.25, 0.3) is 0 Å². The Bertz CT molecular complexity index is 438. The Balaban J connectivity index is 2.39. The molecule has 1 N–H and O–H groups in total. The highest BCUT2D eigenvalue weighted by atomic mass is 32.2. The van der Waals surface area contributed by atoms with Gasteiger partial charge in [-0.3, -0.25) is 4.79 Å². The summed E-state index contributed by atoms with van der Waals surface area (Å²) in [5, 5.41) is 8.33. The predicted molar refractivity (Wildman–Crippen MR) is 57.5 cm³/mol. The molecule has 1 aromatic rings. The lowest BCUT2D eigenvalue weighted by atomic mass is 10.2. The van der Waals surface area contributed by atoms with Crippen molar-refractivity contribution in [1.82, 2.24) is 0 Å². The number of carboxylic acids is 1. The molecule has 1 aromatic carbocycles. The average molecular weight is 244 g/mol. The molecule has 0 aromatic heterocycles. The van der Waals surface area contributed by atoms with Crippen LogP contribution in [0.4, 0.5) is 0 Å². The molecule has 0 bridgehead atoms. The van der Waals surface area contributed by atoms with E-state index >= 15 is 0 Å². The summed E-state index contributed by atoms with van der Waals surface area (Å²) in [5.74, 6) is -2.85. The molecule has 0 atom stereocenters. The Hall–Kier alpha value is -1.40. The van der Waals surface area contributed by atoms with Gasteiger partial charge in [-0.15, -0.1) is 0 Å². The van der Waals surface area contributed by atoms with Gasteiger partial charge in [0.05, 0.1) is 6.61 Å². The fourth-order valence-electron chi connectivity index (χ4n) is 1.09. The first-order valence-electron chi connectivity index (χ1n) is 4.53. The zero-order valence-corrected chi connectivity index (χ0v) is 9.31. The highest BCUT2D eigenvalue weighted by Gasteiger charge is 2.15. The molecule has 0 fully saturated rings. The van der Waals surface area contributed by atoms with E-state index in [1.165, 1.54) is 0 Å². The van der Waals surface area contributed by atoms with Crippen molar-refractivity contribution >= 4 is 15.8 Å². The Kier molecular flexibility index (Phi) is 4.45. The minimum atomic E-state index is -3.67. The molecule has 16 heavy (non-hydrogen) atoms. The number of ether oxygens (including phenoxy) is 1. The second-order valence-electron chi connectivity index (χ2n) is 3.23. The monoisotopic (exact) mass is 244 g/mol. The van der Waals surface area contributed by atoms with Gasteiger partial charge in [-0.05, 0) is 5.56 Å². The molecule has 0 saturated carbocycles. The summed E-state index contributed by atoms with van der Waals surface area (Å²) in [7, 11) is -3.67. The maximum absolute atomic E-state index is 11.1. The predicted octanol–water partition coefficient (Wildman–Crippen LogP) is 0.660. The van der Waals surface area contributed by atoms with Crippen LogP contribution in [0, 0.1) is 0 Å². The number of benzene rings is 1. The van der Waals surface area contributed by atoms with Crippen LogP contribution < -0.4 is 0 Å². The second kappa shape index (κ2) is 5.62. The van der Waals surface area contributed by atoms with Crippen molar-refractivity contribution in [1.29, 1.82) is 0 Å². The van der Waals surface area contributed by atoms with Crippen molar-refractivity contribution in [2.45, 2.75) is 6.61 Å². The Morgan fingerprint density at radius 1 is 1.25 bits per heavy atom. The normalized spacial score (nSPS) is 11.2. The Morgan fingerprint density at radius 2 is 1.88 bits per heavy atom. The molecule has 0 aliphatic heterocycles. The van der Waals surface area contributed by atoms with E-state index in [1.54, 1.807) is 12.1 Å². The summed E-state index contributed by atoms with van der Waals surface area (Å²) in [6.45, 7) is 0.152. The third-order valence-corrected chi connectivity index (χ3v) is 2.93. The Labute approximate surface area is 93.6 Å². The van der Waals surface area contributed by atoms with Gasteiger partial charge in [0.1, 0.15) is 11.7 Å². The third-order valence-electron chi connectivity index (χ3n) is 1.72. The summed E-state index contributed by atoms with van der Waals surface area (Å²) < 4.78 is 27.2. The fourth-order valence-corrected chi connectivity index (χ4v) is 1.89. The van der Waals surface area contributed by atoms with Gasteiger partial charge >= 0.3 is 5.97 Å². The molecule has 0 amide bonds. The molecule has 0 radical (unpaired) electrons. The van der Waals surface area contributed by atoms with Crippen LogP contribution in [0.5, 0.6) is 0 Å². The van der Waals surface area contributed by atoms with Crippen molar-refractivity contribution in [3.63, 3.8) is 0 Å². The second-order valence-corrected chi connectivity index (χ2v) is 5.25. The van der Waals surface area contributed by atoms with E-state index in [2.05, 4.69) is 0 Å². The first kappa shape index (κ1) is 12.7. The number of hydrogen-bond acceptors (Lipinski definition) is 4. The summed E-state index contributed by atoms with van der Waals surface area (Å²) in [4.78, 5) is 10.2. The van der Waals surface area contributed by atoms with Crippen molar-refractivity contribution < 1.29 is 23.1 Å². The van der Waals surface area contributed by atoms with Crippen LogP contribution in [0.3, 0.4) is 0 Å². The van der Waals surface area contributed by atoms with E-state index in [1.807, 2.05) is 18.2 Å². The molecular formula is C10H12O5S. The molecule has 0 saturated heterocycles. The van der Waals surface area contributed by atoms with Crippen molar-refractivity contribution in [2.24, 2.45) is 0 Å². The van der Waals surface area contributed by atoms with Gasteiger partial charge in [0.15, 0.2) is 9.84 Å². The zero-order chi connectivity index (χ0) is 12.0. The molecular weight excluding hydrogens is 232 g/mol. The quantitative estimate of drug-likeness (QED) is 0.795. The van der Waals surface area contributed by atoms with Crippen LogP contribution in [0.1, 0.15) is 5.56 Å². The average Bonchev–Trinajstić information content (AvgIpc) is 2.16. The molecule has 0 unspecified atom stereocenters. The highest BCUT2D eigenvalue weighted by Crippen LogP contribution is 2.02. The SMILES string of the molecule is O=C(O)CS(=O)(=O)COCc1ccccc1. The first-order chi connectivity index (χ1) is 7.49. The number of aliphatic carboxylic acids is 1. The minimum absolute atomic E-state index is 0.152. The van der Waals surface area contributed by atoms with Crippen LogP contribution >= 0.6 is 0 Å². The zero-order valence-electron chi connectivity index (χ0n) is 8.50. The maximum atomic E-state index is 11.1. The van der Waals surface area contributed by atoms with Gasteiger partial charge in [0.2, 0.25) is 0 Å². The van der Waals surface area contributed by atoms with E-state index in [-0.39, 0.29) is 6.61 Å². The van der Waals surface area contributed by atoms with E-state index in [0.29, 0.717) is 0 Å². The molecule has 6 heteroatoms. The fraction of sp³-hybridized carbons (Fsp3) is 0.300. The maximum Gasteiger partial charge on any atom is 0.318 e. The van der Waals surface area contributed by atoms with Gasteiger partial charge in [0, 0.05) is 0 Å². The number of carbonyl (C=O) groups is 1. The Morgan fingerprint density at radius 3 is 2.44 bits per heavy atom. The number of hydrogen-bond donors (Lipinski definition) is 1. The van der Waals surface area contributed by atoms with E-state index in [0.717, 1.165) is 5.56 Å². The largest absolute Gasteiger partial charge is 0.480 e. The molecule has 0 aliphatic rings. The van der Waals surface area contributed by atoms with Gasteiger partial charge < -0.3 is 9.84 Å². The molecule has 0 aliphatic carbocycles. The smallest absolute Gasteiger partial charge is 0.318 e. The van der Waals surface area contributed by atoms with E-state index in [9.17, 15) is 13.2 Å². The van der Waals surface area contributed by atoms with E-state index in [4.69, 9.17) is 9.84 Å². The van der Waals surface area contributed by atoms with Crippen LogP contribution in [-0.4, -0.2) is 31.2 Å². The van der Waals surface area contributed by atoms with E-state index < -0.39 is 27.5 Å². The summed E-state index contributed by atoms with van der Waals surface area (Å²) in [6.07, 6.45) is 0. The summed E-state index contributed by atoms with van der Waals surface area (Å²) in [5.41, 5.74) is 0.841. The summed E-state index contributed by atoms with van der Waals surface area (Å²) >= 11 is 0. The van der Waals surface area contributed by atoms with Crippen molar-refractivity contribution in [3.05, 3.63) is 35.9 Å². The standard InChI is InChI=1S/C10H12O5S/c11-10(12)7-16(13,14)8-15-6-9-4-2-1-3-5-9/h1-5H,6-8H2,(H,11,12).